The maximum atomic E-state index is 11.9. The van der Waals surface area contributed by atoms with Crippen LogP contribution in [-0.2, 0) is 4.74 Å². The number of H-pyrrole nitrogens is 1. The molecule has 0 atom stereocenters. The second kappa shape index (κ2) is 3.59. The Bertz CT molecular complexity index is 525. The zero-order valence-corrected chi connectivity index (χ0v) is 9.44. The molecule has 1 N–H and O–H groups in total. The van der Waals surface area contributed by atoms with Gasteiger partial charge in [-0.25, -0.2) is 9.78 Å². The van der Waals surface area contributed by atoms with Crippen LogP contribution in [0.3, 0.4) is 0 Å². The van der Waals surface area contributed by atoms with Crippen LogP contribution in [-0.4, -0.2) is 26.8 Å². The van der Waals surface area contributed by atoms with E-state index >= 15 is 0 Å². The molecule has 2 rings (SSSR count). The molecule has 5 nitrogen and oxygen atoms in total. The monoisotopic (exact) mass is 219 g/mol. The van der Waals surface area contributed by atoms with Crippen LogP contribution in [0.1, 0.15) is 31.1 Å². The molecule has 5 heteroatoms. The minimum Gasteiger partial charge on any atom is -0.456 e. The molecule has 84 valence electrons. The summed E-state index contributed by atoms with van der Waals surface area (Å²) in [5.74, 6) is -0.360. The number of pyridine rings is 1. The molecule has 2 aromatic heterocycles. The number of hydrogen-bond acceptors (Lipinski definition) is 4. The van der Waals surface area contributed by atoms with Crippen LogP contribution in [0.25, 0.3) is 11.0 Å². The predicted molar refractivity (Wildman–Crippen MR) is 59.1 cm³/mol. The van der Waals surface area contributed by atoms with Crippen molar-refractivity contribution in [3.05, 3.63) is 24.0 Å². The number of nitrogens with zero attached hydrogens (tertiary/aromatic N) is 2. The second-order valence-corrected chi connectivity index (χ2v) is 4.49. The number of ether oxygens (including phenoxy) is 1. The quantitative estimate of drug-likeness (QED) is 0.744. The lowest BCUT2D eigenvalue weighted by molar-refractivity contribution is 0.00718. The van der Waals surface area contributed by atoms with E-state index in [1.165, 1.54) is 0 Å². The van der Waals surface area contributed by atoms with Gasteiger partial charge in [0.1, 0.15) is 5.60 Å². The number of aromatic amines is 1. The summed E-state index contributed by atoms with van der Waals surface area (Å²) in [5.41, 5.74) is 0.563. The summed E-state index contributed by atoms with van der Waals surface area (Å²) >= 11 is 0. The molecule has 0 bridgehead atoms. The lowest BCUT2D eigenvalue weighted by atomic mass is 10.1. The number of hydrogen-bond donors (Lipinski definition) is 1. The van der Waals surface area contributed by atoms with E-state index in [1.807, 2.05) is 20.8 Å². The van der Waals surface area contributed by atoms with Crippen LogP contribution in [0.2, 0.25) is 0 Å². The highest BCUT2D eigenvalue weighted by Gasteiger charge is 2.20. The van der Waals surface area contributed by atoms with Crippen molar-refractivity contribution in [2.45, 2.75) is 26.4 Å². The Balaban J connectivity index is 2.40. The highest BCUT2D eigenvalue weighted by Crippen LogP contribution is 2.17. The Morgan fingerprint density at radius 3 is 2.88 bits per heavy atom. The number of rotatable bonds is 1. The smallest absolute Gasteiger partial charge is 0.339 e. The average Bonchev–Trinajstić information content (AvgIpc) is 2.61. The van der Waals surface area contributed by atoms with Crippen LogP contribution < -0.4 is 0 Å². The molecule has 0 aliphatic heterocycles. The van der Waals surface area contributed by atoms with Crippen LogP contribution in [0.5, 0.6) is 0 Å². The molecule has 0 spiro atoms. The van der Waals surface area contributed by atoms with E-state index in [9.17, 15) is 4.79 Å². The molecular formula is C11H13N3O2. The molecule has 0 saturated carbocycles. The lowest BCUT2D eigenvalue weighted by Crippen LogP contribution is -2.24. The van der Waals surface area contributed by atoms with Crippen molar-refractivity contribution < 1.29 is 9.53 Å². The van der Waals surface area contributed by atoms with Gasteiger partial charge in [0.25, 0.3) is 0 Å². The largest absolute Gasteiger partial charge is 0.456 e. The maximum Gasteiger partial charge on any atom is 0.339 e. The number of esters is 1. The van der Waals surface area contributed by atoms with E-state index in [0.717, 1.165) is 0 Å². The standard InChI is InChI=1S/C11H13N3O2/c1-11(2,3)16-10(15)7-4-5-12-9-8(7)6-13-14-9/h4-6H,1-3H3,(H,12,13,14). The van der Waals surface area contributed by atoms with Gasteiger partial charge in [0.05, 0.1) is 17.1 Å². The lowest BCUT2D eigenvalue weighted by Gasteiger charge is -2.19. The molecule has 16 heavy (non-hydrogen) atoms. The van der Waals surface area contributed by atoms with E-state index in [0.29, 0.717) is 16.6 Å². The molecule has 0 radical (unpaired) electrons. The first kappa shape index (κ1) is 10.6. The van der Waals surface area contributed by atoms with Gasteiger partial charge in [0, 0.05) is 6.20 Å². The van der Waals surface area contributed by atoms with Crippen LogP contribution in [0, 0.1) is 0 Å². The summed E-state index contributed by atoms with van der Waals surface area (Å²) in [4.78, 5) is 15.9. The minimum atomic E-state index is -0.504. The third-order valence-corrected chi connectivity index (χ3v) is 1.97. The Labute approximate surface area is 92.8 Å². The van der Waals surface area contributed by atoms with Crippen LogP contribution in [0.4, 0.5) is 0 Å². The minimum absolute atomic E-state index is 0.360. The summed E-state index contributed by atoms with van der Waals surface area (Å²) in [6.07, 6.45) is 3.13. The van der Waals surface area contributed by atoms with Gasteiger partial charge in [0.2, 0.25) is 0 Å². The molecule has 0 saturated heterocycles. The molecule has 0 unspecified atom stereocenters. The van der Waals surface area contributed by atoms with Gasteiger partial charge in [0.15, 0.2) is 5.65 Å². The first-order valence-electron chi connectivity index (χ1n) is 4.99. The van der Waals surface area contributed by atoms with E-state index < -0.39 is 5.60 Å². The molecule has 2 heterocycles. The van der Waals surface area contributed by atoms with Gasteiger partial charge < -0.3 is 4.74 Å². The number of carbonyl (C=O) groups excluding carboxylic acids is 1. The summed E-state index contributed by atoms with van der Waals surface area (Å²) in [7, 11) is 0. The molecule has 0 aliphatic rings. The molecule has 0 aromatic carbocycles. The van der Waals surface area contributed by atoms with Crippen molar-refractivity contribution in [3.63, 3.8) is 0 Å². The Kier molecular flexibility index (Phi) is 2.38. The highest BCUT2D eigenvalue weighted by atomic mass is 16.6. The summed E-state index contributed by atoms with van der Waals surface area (Å²) in [6.45, 7) is 5.50. The molecule has 0 fully saturated rings. The summed E-state index contributed by atoms with van der Waals surface area (Å²) in [5, 5.41) is 7.23. The SMILES string of the molecule is CC(C)(C)OC(=O)c1ccnc2[nH]ncc12. The molecule has 0 amide bonds. The third-order valence-electron chi connectivity index (χ3n) is 1.97. The van der Waals surface area contributed by atoms with Gasteiger partial charge >= 0.3 is 5.97 Å². The van der Waals surface area contributed by atoms with Gasteiger partial charge in [-0.15, -0.1) is 0 Å². The number of aromatic nitrogens is 3. The third kappa shape index (κ3) is 2.03. The van der Waals surface area contributed by atoms with Gasteiger partial charge in [-0.3, -0.25) is 5.10 Å². The number of carbonyl (C=O) groups is 1. The summed E-state index contributed by atoms with van der Waals surface area (Å²) in [6, 6.07) is 1.63. The fraction of sp³-hybridized carbons (Fsp3) is 0.364. The summed E-state index contributed by atoms with van der Waals surface area (Å²) < 4.78 is 5.29. The Morgan fingerprint density at radius 2 is 2.19 bits per heavy atom. The zero-order chi connectivity index (χ0) is 11.8. The normalized spacial score (nSPS) is 11.7. The molecular weight excluding hydrogens is 206 g/mol. The second-order valence-electron chi connectivity index (χ2n) is 4.49. The van der Waals surface area contributed by atoms with Gasteiger partial charge in [-0.2, -0.15) is 5.10 Å². The number of fused-ring (bicyclic) bond motifs is 1. The highest BCUT2D eigenvalue weighted by molar-refractivity contribution is 6.02. The van der Waals surface area contributed by atoms with Crippen molar-refractivity contribution in [1.29, 1.82) is 0 Å². The predicted octanol–water partition coefficient (Wildman–Crippen LogP) is 1.91. The molecule has 2 aromatic rings. The maximum absolute atomic E-state index is 11.9. The van der Waals surface area contributed by atoms with Crippen LogP contribution in [0.15, 0.2) is 18.5 Å². The van der Waals surface area contributed by atoms with Crippen molar-refractivity contribution in [1.82, 2.24) is 15.2 Å². The van der Waals surface area contributed by atoms with E-state index in [-0.39, 0.29) is 5.97 Å². The van der Waals surface area contributed by atoms with Gasteiger partial charge in [-0.05, 0) is 26.8 Å². The Morgan fingerprint density at radius 1 is 1.44 bits per heavy atom. The van der Waals surface area contributed by atoms with Crippen molar-refractivity contribution in [2.75, 3.05) is 0 Å². The fourth-order valence-corrected chi connectivity index (χ4v) is 1.36. The van der Waals surface area contributed by atoms with Crippen molar-refractivity contribution in [3.8, 4) is 0 Å². The first-order valence-corrected chi connectivity index (χ1v) is 4.99. The Hall–Kier alpha value is -1.91. The topological polar surface area (TPSA) is 67.9 Å². The van der Waals surface area contributed by atoms with Crippen molar-refractivity contribution >= 4 is 17.0 Å². The zero-order valence-electron chi connectivity index (χ0n) is 9.44. The average molecular weight is 219 g/mol. The van der Waals surface area contributed by atoms with Crippen molar-refractivity contribution in [2.24, 2.45) is 0 Å². The molecule has 0 aliphatic carbocycles. The first-order chi connectivity index (χ1) is 7.47. The van der Waals surface area contributed by atoms with Gasteiger partial charge in [-0.1, -0.05) is 0 Å². The number of nitrogens with one attached hydrogen (secondary N) is 1. The van der Waals surface area contributed by atoms with E-state index in [4.69, 9.17) is 4.74 Å². The fourth-order valence-electron chi connectivity index (χ4n) is 1.36. The van der Waals surface area contributed by atoms with E-state index in [1.54, 1.807) is 18.5 Å². The van der Waals surface area contributed by atoms with E-state index in [2.05, 4.69) is 15.2 Å². The van der Waals surface area contributed by atoms with Crippen LogP contribution >= 0.6 is 0 Å².